The molecule has 0 radical (unpaired) electrons. The van der Waals surface area contributed by atoms with Crippen LogP contribution >= 0.6 is 0 Å². The van der Waals surface area contributed by atoms with Gasteiger partial charge in [-0.1, -0.05) is 24.3 Å². The third-order valence-corrected chi connectivity index (χ3v) is 6.04. The number of para-hydroxylation sites is 3. The molecule has 0 aliphatic carbocycles. The highest BCUT2D eigenvalue weighted by molar-refractivity contribution is 7.92. The van der Waals surface area contributed by atoms with E-state index in [-0.39, 0.29) is 5.69 Å². The Hall–Kier alpha value is -2.42. The van der Waals surface area contributed by atoms with Crippen LogP contribution in [0.5, 0.6) is 5.75 Å². The van der Waals surface area contributed by atoms with E-state index in [1.807, 2.05) is 24.3 Å². The van der Waals surface area contributed by atoms with E-state index in [1.165, 1.54) is 18.2 Å². The highest BCUT2D eigenvalue weighted by Crippen LogP contribution is 2.36. The van der Waals surface area contributed by atoms with Crippen molar-refractivity contribution in [3.63, 3.8) is 0 Å². The Labute approximate surface area is 155 Å². The van der Waals surface area contributed by atoms with E-state index in [0.717, 1.165) is 11.8 Å². The molecule has 1 saturated heterocycles. The summed E-state index contributed by atoms with van der Waals surface area (Å²) in [6, 6.07) is 12.8. The van der Waals surface area contributed by atoms with Crippen LogP contribution in [-0.2, 0) is 9.84 Å². The number of nitrogens with zero attached hydrogens (tertiary/aromatic N) is 2. The van der Waals surface area contributed by atoms with Crippen LogP contribution in [0.15, 0.2) is 53.4 Å². The van der Waals surface area contributed by atoms with Crippen LogP contribution in [0.2, 0.25) is 0 Å². The summed E-state index contributed by atoms with van der Waals surface area (Å²) in [5.41, 5.74) is -4.35. The fraction of sp³-hybridized carbons (Fsp3) is 0.333. The quantitative estimate of drug-likeness (QED) is 0.788. The van der Waals surface area contributed by atoms with Gasteiger partial charge in [-0.05, 0) is 24.3 Å². The molecule has 1 heterocycles. The Balaban J connectivity index is 1.84. The van der Waals surface area contributed by atoms with Crippen molar-refractivity contribution in [2.45, 2.75) is 10.4 Å². The van der Waals surface area contributed by atoms with Gasteiger partial charge in [-0.3, -0.25) is 0 Å². The van der Waals surface area contributed by atoms with E-state index in [2.05, 4.69) is 4.90 Å². The first-order valence-electron chi connectivity index (χ1n) is 8.29. The lowest BCUT2D eigenvalue weighted by Crippen LogP contribution is -2.47. The van der Waals surface area contributed by atoms with Crippen molar-refractivity contribution in [3.05, 3.63) is 48.5 Å². The summed E-state index contributed by atoms with van der Waals surface area (Å²) in [4.78, 5) is 3.03. The molecule has 1 aliphatic rings. The van der Waals surface area contributed by atoms with Gasteiger partial charge in [-0.15, -0.1) is 0 Å². The van der Waals surface area contributed by atoms with Crippen LogP contribution in [0, 0.1) is 0 Å². The highest BCUT2D eigenvalue weighted by Gasteiger charge is 2.48. The molecule has 0 aromatic heterocycles. The van der Waals surface area contributed by atoms with E-state index < -0.39 is 20.2 Å². The average molecular weight is 400 g/mol. The highest BCUT2D eigenvalue weighted by atomic mass is 32.2. The zero-order valence-corrected chi connectivity index (χ0v) is 15.4. The first-order chi connectivity index (χ1) is 12.8. The van der Waals surface area contributed by atoms with Gasteiger partial charge >= 0.3 is 5.51 Å². The van der Waals surface area contributed by atoms with Crippen LogP contribution in [0.1, 0.15) is 0 Å². The lowest BCUT2D eigenvalue weighted by molar-refractivity contribution is -0.0435. The summed E-state index contributed by atoms with van der Waals surface area (Å²) >= 11 is 0. The van der Waals surface area contributed by atoms with Crippen LogP contribution in [0.4, 0.5) is 24.5 Å². The van der Waals surface area contributed by atoms with Crippen molar-refractivity contribution in [3.8, 4) is 5.75 Å². The number of alkyl halides is 3. The molecule has 2 aromatic carbocycles. The van der Waals surface area contributed by atoms with Gasteiger partial charge < -0.3 is 14.5 Å². The molecule has 0 bridgehead atoms. The van der Waals surface area contributed by atoms with E-state index >= 15 is 0 Å². The molecule has 1 fully saturated rings. The van der Waals surface area contributed by atoms with Gasteiger partial charge in [0.1, 0.15) is 5.75 Å². The molecule has 9 heteroatoms. The molecular formula is C18H19F3N2O3S. The fourth-order valence-electron chi connectivity index (χ4n) is 3.15. The molecule has 0 amide bonds. The lowest BCUT2D eigenvalue weighted by Gasteiger charge is -2.38. The van der Waals surface area contributed by atoms with Crippen molar-refractivity contribution in [2.75, 3.05) is 43.1 Å². The standard InChI is InChI=1S/C18H19F3N2O3S/c1-26-16-8-4-2-6-14(16)22-10-12-23(13-11-22)15-7-3-5-9-17(15)27(24,25)18(19,20)21/h2-9H,10-13H2,1H3. The Morgan fingerprint density at radius 1 is 0.852 bits per heavy atom. The van der Waals surface area contributed by atoms with Gasteiger partial charge in [0.15, 0.2) is 0 Å². The van der Waals surface area contributed by atoms with E-state index in [9.17, 15) is 21.6 Å². The number of hydrogen-bond donors (Lipinski definition) is 0. The van der Waals surface area contributed by atoms with Gasteiger partial charge in [0.25, 0.3) is 9.84 Å². The molecule has 0 spiro atoms. The Bertz CT molecular complexity index is 908. The summed E-state index contributed by atoms with van der Waals surface area (Å²) in [7, 11) is -3.83. The van der Waals surface area contributed by atoms with E-state index in [4.69, 9.17) is 4.74 Å². The molecule has 146 valence electrons. The van der Waals surface area contributed by atoms with Crippen molar-refractivity contribution in [1.82, 2.24) is 0 Å². The molecule has 0 N–H and O–H groups in total. The number of benzene rings is 2. The number of sulfone groups is 1. The predicted molar refractivity (Wildman–Crippen MR) is 97.1 cm³/mol. The monoisotopic (exact) mass is 400 g/mol. The summed E-state index contributed by atoms with van der Waals surface area (Å²) in [6.45, 7) is 1.84. The largest absolute Gasteiger partial charge is 0.501 e. The Morgan fingerprint density at radius 3 is 1.89 bits per heavy atom. The molecule has 0 atom stereocenters. The minimum absolute atomic E-state index is 0.0782. The molecule has 1 aliphatic heterocycles. The van der Waals surface area contributed by atoms with E-state index in [1.54, 1.807) is 12.0 Å². The first kappa shape index (κ1) is 19.3. The maximum Gasteiger partial charge on any atom is 0.501 e. The zero-order chi connectivity index (χ0) is 19.7. The number of rotatable bonds is 4. The summed E-state index contributed by atoms with van der Waals surface area (Å²) in [6.07, 6.45) is 0. The first-order valence-corrected chi connectivity index (χ1v) is 9.77. The topological polar surface area (TPSA) is 49.9 Å². The van der Waals surface area contributed by atoms with Crippen LogP contribution in [-0.4, -0.2) is 47.2 Å². The number of ether oxygens (including phenoxy) is 1. The van der Waals surface area contributed by atoms with Gasteiger partial charge in [0, 0.05) is 26.2 Å². The molecule has 0 unspecified atom stereocenters. The fourth-order valence-corrected chi connectivity index (χ4v) is 4.13. The smallest absolute Gasteiger partial charge is 0.495 e. The van der Waals surface area contributed by atoms with Crippen LogP contribution in [0.25, 0.3) is 0 Å². The van der Waals surface area contributed by atoms with Gasteiger partial charge in [0.2, 0.25) is 0 Å². The molecule has 27 heavy (non-hydrogen) atoms. The van der Waals surface area contributed by atoms with E-state index in [0.29, 0.717) is 31.9 Å². The molecule has 3 rings (SSSR count). The maximum atomic E-state index is 13.0. The SMILES string of the molecule is COc1ccccc1N1CCN(c2ccccc2S(=O)(=O)C(F)(F)F)CC1. The number of hydrogen-bond acceptors (Lipinski definition) is 5. The van der Waals surface area contributed by atoms with Gasteiger partial charge in [-0.2, -0.15) is 13.2 Å². The molecule has 0 saturated carbocycles. The second-order valence-corrected chi connectivity index (χ2v) is 7.97. The van der Waals surface area contributed by atoms with Crippen LogP contribution < -0.4 is 14.5 Å². The summed E-state index contributed by atoms with van der Waals surface area (Å²) < 4.78 is 68.2. The van der Waals surface area contributed by atoms with Crippen LogP contribution in [0.3, 0.4) is 0 Å². The van der Waals surface area contributed by atoms with Crippen molar-refractivity contribution in [2.24, 2.45) is 0 Å². The normalized spacial score (nSPS) is 15.7. The maximum absolute atomic E-state index is 13.0. The zero-order valence-electron chi connectivity index (χ0n) is 14.6. The minimum atomic E-state index is -5.41. The van der Waals surface area contributed by atoms with Gasteiger partial charge in [-0.25, -0.2) is 8.42 Å². The Kier molecular flexibility index (Phi) is 5.23. The number of halogens is 3. The number of piperazine rings is 1. The van der Waals surface area contributed by atoms with Crippen molar-refractivity contribution >= 4 is 21.2 Å². The second-order valence-electron chi connectivity index (χ2n) is 6.06. The average Bonchev–Trinajstić information content (AvgIpc) is 2.67. The molecule has 2 aromatic rings. The summed E-state index contributed by atoms with van der Waals surface area (Å²) in [5.74, 6) is 0.714. The third-order valence-electron chi connectivity index (χ3n) is 4.51. The molecule has 5 nitrogen and oxygen atoms in total. The number of anilines is 2. The minimum Gasteiger partial charge on any atom is -0.495 e. The third kappa shape index (κ3) is 3.69. The Morgan fingerprint density at radius 2 is 1.33 bits per heavy atom. The van der Waals surface area contributed by atoms with Gasteiger partial charge in [0.05, 0.1) is 23.4 Å². The van der Waals surface area contributed by atoms with Crippen molar-refractivity contribution < 1.29 is 26.3 Å². The molecular weight excluding hydrogens is 381 g/mol. The summed E-state index contributed by atoms with van der Waals surface area (Å²) in [5, 5.41) is 0. The second kappa shape index (κ2) is 7.30. The lowest BCUT2D eigenvalue weighted by atomic mass is 10.2. The number of methoxy groups -OCH3 is 1. The van der Waals surface area contributed by atoms with Crippen molar-refractivity contribution in [1.29, 1.82) is 0 Å². The predicted octanol–water partition coefficient (Wildman–Crippen LogP) is 3.32.